The number of carbonyl (C=O) groups is 1. The van der Waals surface area contributed by atoms with Crippen LogP contribution in [0.3, 0.4) is 0 Å². The van der Waals surface area contributed by atoms with Crippen molar-refractivity contribution in [2.75, 3.05) is 19.7 Å². The summed E-state index contributed by atoms with van der Waals surface area (Å²) < 4.78 is 0. The SMILES string of the molecule is Cc1ccsc1/C=C/C(=O)N1CCC(CCO)C1. The van der Waals surface area contributed by atoms with E-state index in [1.807, 2.05) is 23.3 Å². The van der Waals surface area contributed by atoms with Crippen LogP contribution >= 0.6 is 11.3 Å². The Balaban J connectivity index is 1.89. The van der Waals surface area contributed by atoms with Crippen molar-refractivity contribution in [2.24, 2.45) is 5.92 Å². The number of hydrogen-bond donors (Lipinski definition) is 1. The van der Waals surface area contributed by atoms with E-state index < -0.39 is 0 Å². The number of aliphatic hydroxyl groups excluding tert-OH is 1. The smallest absolute Gasteiger partial charge is 0.246 e. The molecule has 0 aliphatic carbocycles. The third kappa shape index (κ3) is 3.21. The highest BCUT2D eigenvalue weighted by atomic mass is 32.1. The minimum Gasteiger partial charge on any atom is -0.396 e. The molecule has 4 heteroatoms. The molecule has 0 saturated carbocycles. The number of aliphatic hydroxyl groups is 1. The Morgan fingerprint density at radius 2 is 2.50 bits per heavy atom. The molecule has 1 saturated heterocycles. The maximum absolute atomic E-state index is 12.0. The van der Waals surface area contributed by atoms with Crippen molar-refractivity contribution in [3.8, 4) is 0 Å². The predicted octanol–water partition coefficient (Wildman–Crippen LogP) is 2.30. The summed E-state index contributed by atoms with van der Waals surface area (Å²) >= 11 is 1.65. The number of rotatable bonds is 4. The molecule has 98 valence electrons. The second-order valence-corrected chi connectivity index (χ2v) is 5.70. The molecule has 1 fully saturated rings. The minimum absolute atomic E-state index is 0.0863. The molecule has 0 spiro atoms. The molecular weight excluding hydrogens is 246 g/mol. The summed E-state index contributed by atoms with van der Waals surface area (Å²) in [6, 6.07) is 2.06. The molecule has 0 aromatic carbocycles. The molecule has 2 heterocycles. The summed E-state index contributed by atoms with van der Waals surface area (Å²) in [5.74, 6) is 0.555. The zero-order chi connectivity index (χ0) is 13.0. The van der Waals surface area contributed by atoms with Gasteiger partial charge in [-0.2, -0.15) is 0 Å². The van der Waals surface area contributed by atoms with Crippen molar-refractivity contribution >= 4 is 23.3 Å². The first kappa shape index (κ1) is 13.3. The first-order valence-electron chi connectivity index (χ1n) is 6.32. The van der Waals surface area contributed by atoms with Crippen molar-refractivity contribution in [3.05, 3.63) is 28.0 Å². The Kier molecular flexibility index (Phi) is 4.55. The molecule has 1 aromatic heterocycles. The van der Waals surface area contributed by atoms with Crippen molar-refractivity contribution < 1.29 is 9.90 Å². The van der Waals surface area contributed by atoms with Crippen molar-refractivity contribution in [1.82, 2.24) is 4.90 Å². The molecular formula is C14H19NO2S. The lowest BCUT2D eigenvalue weighted by Crippen LogP contribution is -2.26. The van der Waals surface area contributed by atoms with E-state index >= 15 is 0 Å². The number of aryl methyl sites for hydroxylation is 1. The van der Waals surface area contributed by atoms with Gasteiger partial charge in [0.25, 0.3) is 0 Å². The topological polar surface area (TPSA) is 40.5 Å². The quantitative estimate of drug-likeness (QED) is 0.849. The van der Waals surface area contributed by atoms with Gasteiger partial charge < -0.3 is 10.0 Å². The van der Waals surface area contributed by atoms with Gasteiger partial charge >= 0.3 is 0 Å². The number of carbonyl (C=O) groups excluding carboxylic acids is 1. The zero-order valence-corrected chi connectivity index (χ0v) is 11.4. The van der Waals surface area contributed by atoms with E-state index in [2.05, 4.69) is 6.07 Å². The van der Waals surface area contributed by atoms with Crippen LogP contribution in [0.5, 0.6) is 0 Å². The second-order valence-electron chi connectivity index (χ2n) is 4.75. The van der Waals surface area contributed by atoms with E-state index in [1.54, 1.807) is 17.4 Å². The standard InChI is InChI=1S/C14H19NO2S/c1-11-6-9-18-13(11)2-3-14(17)15-7-4-12(10-15)5-8-16/h2-3,6,9,12,16H,4-5,7-8,10H2,1H3/b3-2+. The molecule has 1 atom stereocenters. The maximum Gasteiger partial charge on any atom is 0.246 e. The molecule has 1 N–H and O–H groups in total. The summed E-state index contributed by atoms with van der Waals surface area (Å²) in [7, 11) is 0. The lowest BCUT2D eigenvalue weighted by Gasteiger charge is -2.13. The fourth-order valence-corrected chi connectivity index (χ4v) is 3.08. The van der Waals surface area contributed by atoms with Crippen molar-refractivity contribution in [3.63, 3.8) is 0 Å². The highest BCUT2D eigenvalue weighted by Crippen LogP contribution is 2.20. The Hall–Kier alpha value is -1.13. The zero-order valence-electron chi connectivity index (χ0n) is 10.6. The monoisotopic (exact) mass is 265 g/mol. The number of amides is 1. The van der Waals surface area contributed by atoms with E-state index in [1.165, 1.54) is 5.56 Å². The highest BCUT2D eigenvalue weighted by molar-refractivity contribution is 7.11. The summed E-state index contributed by atoms with van der Waals surface area (Å²) in [5.41, 5.74) is 1.21. The van der Waals surface area contributed by atoms with Gasteiger partial charge in [0.05, 0.1) is 0 Å². The number of likely N-dealkylation sites (tertiary alicyclic amines) is 1. The molecule has 1 aliphatic rings. The number of nitrogens with zero attached hydrogens (tertiary/aromatic N) is 1. The molecule has 2 rings (SSSR count). The first-order valence-corrected chi connectivity index (χ1v) is 7.20. The molecule has 18 heavy (non-hydrogen) atoms. The van der Waals surface area contributed by atoms with Crippen molar-refractivity contribution in [2.45, 2.75) is 19.8 Å². The largest absolute Gasteiger partial charge is 0.396 e. The lowest BCUT2D eigenvalue weighted by molar-refractivity contribution is -0.125. The summed E-state index contributed by atoms with van der Waals surface area (Å²) in [6.45, 7) is 3.87. The fraction of sp³-hybridized carbons (Fsp3) is 0.500. The van der Waals surface area contributed by atoms with E-state index in [0.717, 1.165) is 30.8 Å². The Morgan fingerprint density at radius 3 is 3.17 bits per heavy atom. The van der Waals surface area contributed by atoms with Gasteiger partial charge in [-0.1, -0.05) is 0 Å². The lowest BCUT2D eigenvalue weighted by atomic mass is 10.1. The van der Waals surface area contributed by atoms with Crippen LogP contribution in [0.15, 0.2) is 17.5 Å². The predicted molar refractivity (Wildman–Crippen MR) is 74.5 cm³/mol. The van der Waals surface area contributed by atoms with Crippen molar-refractivity contribution in [1.29, 1.82) is 0 Å². The van der Waals surface area contributed by atoms with Crippen LogP contribution in [-0.2, 0) is 4.79 Å². The van der Waals surface area contributed by atoms with Gasteiger partial charge in [-0.15, -0.1) is 11.3 Å². The normalized spacial score (nSPS) is 19.9. The van der Waals surface area contributed by atoms with Gasteiger partial charge in [-0.05, 0) is 48.8 Å². The molecule has 0 radical (unpaired) electrons. The van der Waals surface area contributed by atoms with Crippen LogP contribution in [0.2, 0.25) is 0 Å². The van der Waals surface area contributed by atoms with E-state index in [-0.39, 0.29) is 12.5 Å². The third-order valence-electron chi connectivity index (χ3n) is 3.41. The van der Waals surface area contributed by atoms with Gasteiger partial charge in [-0.3, -0.25) is 4.79 Å². The van der Waals surface area contributed by atoms with E-state index in [0.29, 0.717) is 5.92 Å². The highest BCUT2D eigenvalue weighted by Gasteiger charge is 2.24. The molecule has 1 amide bonds. The van der Waals surface area contributed by atoms with E-state index in [4.69, 9.17) is 5.11 Å². The first-order chi connectivity index (χ1) is 8.70. The third-order valence-corrected chi connectivity index (χ3v) is 4.40. The number of thiophene rings is 1. The Labute approximate surface area is 112 Å². The van der Waals surface area contributed by atoms with Gasteiger partial charge in [0.2, 0.25) is 5.91 Å². The molecule has 3 nitrogen and oxygen atoms in total. The van der Waals surface area contributed by atoms with Crippen LogP contribution in [-0.4, -0.2) is 35.6 Å². The molecule has 1 aromatic rings. The van der Waals surface area contributed by atoms with Crippen LogP contribution in [0.4, 0.5) is 0 Å². The fourth-order valence-electron chi connectivity index (χ4n) is 2.26. The van der Waals surface area contributed by atoms with E-state index in [9.17, 15) is 4.79 Å². The van der Waals surface area contributed by atoms with Gasteiger partial charge in [0.15, 0.2) is 0 Å². The van der Waals surface area contributed by atoms with Gasteiger partial charge in [-0.25, -0.2) is 0 Å². The van der Waals surface area contributed by atoms with Crippen LogP contribution in [0, 0.1) is 12.8 Å². The maximum atomic E-state index is 12.0. The van der Waals surface area contributed by atoms with Crippen LogP contribution in [0.25, 0.3) is 6.08 Å². The second kappa shape index (κ2) is 6.16. The average Bonchev–Trinajstić information content (AvgIpc) is 2.96. The number of hydrogen-bond acceptors (Lipinski definition) is 3. The van der Waals surface area contributed by atoms with Crippen LogP contribution in [0.1, 0.15) is 23.3 Å². The van der Waals surface area contributed by atoms with Gasteiger partial charge in [0.1, 0.15) is 0 Å². The molecule has 1 unspecified atom stereocenters. The molecule has 1 aliphatic heterocycles. The Morgan fingerprint density at radius 1 is 1.67 bits per heavy atom. The van der Waals surface area contributed by atoms with Crippen LogP contribution < -0.4 is 0 Å². The summed E-state index contributed by atoms with van der Waals surface area (Å²) in [6.07, 6.45) is 5.39. The molecule has 0 bridgehead atoms. The average molecular weight is 265 g/mol. The van der Waals surface area contributed by atoms with Gasteiger partial charge in [0, 0.05) is 30.6 Å². The Bertz CT molecular complexity index is 439. The summed E-state index contributed by atoms with van der Waals surface area (Å²) in [5, 5.41) is 10.9. The minimum atomic E-state index is 0.0863. The summed E-state index contributed by atoms with van der Waals surface area (Å²) in [4.78, 5) is 15.0.